The van der Waals surface area contributed by atoms with Gasteiger partial charge in [-0.3, -0.25) is 0 Å². The maximum absolute atomic E-state index is 14.8. The van der Waals surface area contributed by atoms with Crippen molar-refractivity contribution < 1.29 is 31.8 Å². The van der Waals surface area contributed by atoms with Gasteiger partial charge in [-0.15, -0.1) is 0 Å². The lowest BCUT2D eigenvalue weighted by atomic mass is 9.89. The van der Waals surface area contributed by atoms with E-state index in [2.05, 4.69) is 20.3 Å². The Kier molecular flexibility index (Phi) is 9.03. The number of anilines is 1. The summed E-state index contributed by atoms with van der Waals surface area (Å²) in [5, 5.41) is 5.29. The molecule has 0 radical (unpaired) electrons. The number of nitrogens with zero attached hydrogens (tertiary/aromatic N) is 1. The highest BCUT2D eigenvalue weighted by molar-refractivity contribution is 5.89. The number of amides is 2. The van der Waals surface area contributed by atoms with Gasteiger partial charge in [-0.1, -0.05) is 12.1 Å². The predicted octanol–water partition coefficient (Wildman–Crippen LogP) is 5.00. The molecule has 36 heavy (non-hydrogen) atoms. The molecule has 10 heteroatoms. The van der Waals surface area contributed by atoms with Crippen LogP contribution in [0.25, 0.3) is 0 Å². The summed E-state index contributed by atoms with van der Waals surface area (Å²) in [5.74, 6) is 0.244. The van der Waals surface area contributed by atoms with Gasteiger partial charge in [0.25, 0.3) is 0 Å². The molecule has 2 amide bonds. The fraction of sp³-hybridized carbons (Fsp3) is 0.500. The van der Waals surface area contributed by atoms with E-state index in [1.54, 1.807) is 0 Å². The van der Waals surface area contributed by atoms with Crippen LogP contribution in [0.4, 0.5) is 28.0 Å². The number of carbonyl (C=O) groups is 1. The Hall–Kier alpha value is -2.85. The first-order valence-corrected chi connectivity index (χ1v) is 12.2. The Bertz CT molecular complexity index is 969. The average Bonchev–Trinajstić information content (AvgIpc) is 2.85. The van der Waals surface area contributed by atoms with Gasteiger partial charge in [0.1, 0.15) is 17.7 Å². The number of benzene rings is 2. The Labute approximate surface area is 207 Å². The molecule has 6 nitrogen and oxygen atoms in total. The number of hydrogen-bond acceptors (Lipinski definition) is 4. The SMILES string of the molecule is O=C(Nc1ccc(OC(F)F)cc1)N[C@@H]1[C@@H](F)CCO[C@@H]1CN1CCC(Cc2ccc(F)cc2)CC1. The van der Waals surface area contributed by atoms with E-state index in [-0.39, 0.29) is 24.6 Å². The van der Waals surface area contributed by atoms with E-state index in [9.17, 15) is 22.4 Å². The van der Waals surface area contributed by atoms with Crippen molar-refractivity contribution >= 4 is 11.7 Å². The minimum absolute atomic E-state index is 0.0260. The van der Waals surface area contributed by atoms with Crippen LogP contribution in [0.15, 0.2) is 48.5 Å². The van der Waals surface area contributed by atoms with Crippen molar-refractivity contribution in [3.8, 4) is 5.75 Å². The summed E-state index contributed by atoms with van der Waals surface area (Å²) in [5.41, 5.74) is 1.48. The molecule has 2 heterocycles. The van der Waals surface area contributed by atoms with Gasteiger partial charge < -0.3 is 25.0 Å². The molecule has 0 unspecified atom stereocenters. The summed E-state index contributed by atoms with van der Waals surface area (Å²) in [6, 6.07) is 10.7. The van der Waals surface area contributed by atoms with Gasteiger partial charge >= 0.3 is 12.6 Å². The standard InChI is InChI=1S/C26H31F4N3O3/c27-19-3-1-17(2-4-19)15-18-9-12-33(13-10-18)16-23-24(22(28)11-14-35-23)32-26(34)31-20-5-7-21(8-6-20)36-25(29)30/h1-8,18,22-25H,9-16H2,(H2,31,32,34)/t22-,23+,24+/m0/s1. The number of likely N-dealkylation sites (tertiary alicyclic amines) is 1. The van der Waals surface area contributed by atoms with Crippen molar-refractivity contribution in [2.45, 2.75) is 50.6 Å². The second kappa shape index (κ2) is 12.4. The smallest absolute Gasteiger partial charge is 0.387 e. The van der Waals surface area contributed by atoms with E-state index < -0.39 is 31.0 Å². The van der Waals surface area contributed by atoms with Crippen LogP contribution in [-0.2, 0) is 11.2 Å². The molecule has 2 fully saturated rings. The molecule has 196 valence electrons. The van der Waals surface area contributed by atoms with Gasteiger partial charge in [-0.25, -0.2) is 13.6 Å². The average molecular weight is 510 g/mol. The van der Waals surface area contributed by atoms with Crippen molar-refractivity contribution in [2.75, 3.05) is 31.6 Å². The van der Waals surface area contributed by atoms with Crippen LogP contribution in [0.5, 0.6) is 5.75 Å². The first kappa shape index (κ1) is 26.2. The van der Waals surface area contributed by atoms with Crippen LogP contribution < -0.4 is 15.4 Å². The van der Waals surface area contributed by atoms with Gasteiger partial charge in [0.15, 0.2) is 0 Å². The Morgan fingerprint density at radius 2 is 1.75 bits per heavy atom. The van der Waals surface area contributed by atoms with E-state index in [1.165, 1.54) is 36.4 Å². The van der Waals surface area contributed by atoms with Crippen LogP contribution in [0, 0.1) is 11.7 Å². The van der Waals surface area contributed by atoms with Crippen molar-refractivity contribution in [3.05, 3.63) is 59.9 Å². The quantitative estimate of drug-likeness (QED) is 0.492. The fourth-order valence-electron chi connectivity index (χ4n) is 4.82. The molecule has 0 spiro atoms. The number of halogens is 4. The minimum Gasteiger partial charge on any atom is -0.435 e. The number of piperidine rings is 1. The molecular weight excluding hydrogens is 478 g/mol. The molecule has 2 N–H and O–H groups in total. The number of hydrogen-bond donors (Lipinski definition) is 2. The molecule has 2 aromatic carbocycles. The highest BCUT2D eigenvalue weighted by atomic mass is 19.3. The maximum Gasteiger partial charge on any atom is 0.387 e. The van der Waals surface area contributed by atoms with Crippen molar-refractivity contribution in [1.29, 1.82) is 0 Å². The Morgan fingerprint density at radius 3 is 2.42 bits per heavy atom. The van der Waals surface area contributed by atoms with Crippen LogP contribution in [0.1, 0.15) is 24.8 Å². The summed E-state index contributed by atoms with van der Waals surface area (Å²) in [7, 11) is 0. The summed E-state index contributed by atoms with van der Waals surface area (Å²) in [6.07, 6.45) is 1.32. The van der Waals surface area contributed by atoms with Crippen molar-refractivity contribution in [2.24, 2.45) is 5.92 Å². The monoisotopic (exact) mass is 509 g/mol. The van der Waals surface area contributed by atoms with Gasteiger partial charge in [0.05, 0.1) is 12.1 Å². The van der Waals surface area contributed by atoms with Crippen LogP contribution in [0.3, 0.4) is 0 Å². The molecule has 0 bridgehead atoms. The molecule has 3 atom stereocenters. The molecule has 2 saturated heterocycles. The minimum atomic E-state index is -2.93. The fourth-order valence-corrected chi connectivity index (χ4v) is 4.82. The second-order valence-electron chi connectivity index (χ2n) is 9.32. The van der Waals surface area contributed by atoms with E-state index in [0.29, 0.717) is 18.2 Å². The summed E-state index contributed by atoms with van der Waals surface area (Å²) < 4.78 is 62.7. The van der Waals surface area contributed by atoms with Gasteiger partial charge in [0.2, 0.25) is 0 Å². The van der Waals surface area contributed by atoms with Gasteiger partial charge in [0, 0.05) is 25.3 Å². The summed E-state index contributed by atoms with van der Waals surface area (Å²) in [4.78, 5) is 14.8. The third-order valence-electron chi connectivity index (χ3n) is 6.73. The molecule has 2 aromatic rings. The zero-order chi connectivity index (χ0) is 25.5. The van der Waals surface area contributed by atoms with Crippen LogP contribution in [0.2, 0.25) is 0 Å². The topological polar surface area (TPSA) is 62.8 Å². The van der Waals surface area contributed by atoms with E-state index >= 15 is 0 Å². The summed E-state index contributed by atoms with van der Waals surface area (Å²) >= 11 is 0. The second-order valence-corrected chi connectivity index (χ2v) is 9.32. The highest BCUT2D eigenvalue weighted by Gasteiger charge is 2.37. The third-order valence-corrected chi connectivity index (χ3v) is 6.73. The lowest BCUT2D eigenvalue weighted by Gasteiger charge is -2.39. The number of rotatable bonds is 8. The third kappa shape index (κ3) is 7.57. The van der Waals surface area contributed by atoms with Crippen molar-refractivity contribution in [1.82, 2.24) is 10.2 Å². The predicted molar refractivity (Wildman–Crippen MR) is 128 cm³/mol. The molecule has 4 rings (SSSR count). The number of carbonyl (C=O) groups excluding carboxylic acids is 1. The largest absolute Gasteiger partial charge is 0.435 e. The molecule has 2 aliphatic heterocycles. The van der Waals surface area contributed by atoms with Crippen LogP contribution >= 0.6 is 0 Å². The Balaban J connectivity index is 1.26. The molecule has 0 saturated carbocycles. The lowest BCUT2D eigenvalue weighted by Crippen LogP contribution is -2.58. The van der Waals surface area contributed by atoms with E-state index in [0.717, 1.165) is 37.9 Å². The first-order valence-electron chi connectivity index (χ1n) is 12.2. The highest BCUT2D eigenvalue weighted by Crippen LogP contribution is 2.25. The zero-order valence-electron chi connectivity index (χ0n) is 19.8. The van der Waals surface area contributed by atoms with Crippen molar-refractivity contribution in [3.63, 3.8) is 0 Å². The lowest BCUT2D eigenvalue weighted by molar-refractivity contribution is -0.0590. The van der Waals surface area contributed by atoms with Gasteiger partial charge in [-0.05, 0) is 80.2 Å². The van der Waals surface area contributed by atoms with Crippen LogP contribution in [-0.4, -0.2) is 62.1 Å². The van der Waals surface area contributed by atoms with Gasteiger partial charge in [-0.2, -0.15) is 8.78 Å². The van der Waals surface area contributed by atoms with E-state index in [4.69, 9.17) is 4.74 Å². The number of urea groups is 1. The number of alkyl halides is 3. The number of ether oxygens (including phenoxy) is 2. The van der Waals surface area contributed by atoms with E-state index in [1.807, 2.05) is 12.1 Å². The normalized spacial score (nSPS) is 23.4. The molecular formula is C26H31F4N3O3. The number of nitrogens with one attached hydrogen (secondary N) is 2. The molecule has 2 aliphatic rings. The zero-order valence-corrected chi connectivity index (χ0v) is 19.8. The Morgan fingerprint density at radius 1 is 1.06 bits per heavy atom. The summed E-state index contributed by atoms with van der Waals surface area (Å²) in [6.45, 7) is -0.451. The molecule has 0 aliphatic carbocycles. The molecule has 0 aromatic heterocycles. The maximum atomic E-state index is 14.8. The first-order chi connectivity index (χ1) is 17.4.